The van der Waals surface area contributed by atoms with Crippen molar-refractivity contribution in [2.45, 2.75) is 32.7 Å². The maximum absolute atomic E-state index is 11.9. The minimum Gasteiger partial charge on any atom is -0.350 e. The van der Waals surface area contributed by atoms with Crippen LogP contribution in [0, 0.1) is 6.92 Å². The predicted octanol–water partition coefficient (Wildman–Crippen LogP) is 3.79. The molecule has 0 saturated heterocycles. The lowest BCUT2D eigenvalue weighted by Gasteiger charge is -2.13. The van der Waals surface area contributed by atoms with Crippen molar-refractivity contribution in [3.8, 4) is 0 Å². The first kappa shape index (κ1) is 14.3. The van der Waals surface area contributed by atoms with E-state index in [-0.39, 0.29) is 11.9 Å². The van der Waals surface area contributed by atoms with Crippen LogP contribution in [0.1, 0.15) is 35.7 Å². The molecule has 17 heavy (non-hydrogen) atoms. The molecule has 0 aliphatic rings. The van der Waals surface area contributed by atoms with Crippen LogP contribution in [0.15, 0.2) is 18.2 Å². The Bertz CT molecular complexity index is 393. The van der Waals surface area contributed by atoms with Crippen molar-refractivity contribution in [2.75, 3.05) is 5.88 Å². The van der Waals surface area contributed by atoms with E-state index in [4.69, 9.17) is 23.2 Å². The van der Waals surface area contributed by atoms with Crippen LogP contribution < -0.4 is 5.32 Å². The van der Waals surface area contributed by atoms with E-state index < -0.39 is 0 Å². The fraction of sp³-hybridized carbons (Fsp3) is 0.462. The van der Waals surface area contributed by atoms with E-state index in [9.17, 15) is 4.79 Å². The molecule has 0 radical (unpaired) electrons. The molecule has 1 rings (SSSR count). The van der Waals surface area contributed by atoms with Gasteiger partial charge in [-0.05, 0) is 50.5 Å². The largest absolute Gasteiger partial charge is 0.350 e. The van der Waals surface area contributed by atoms with Gasteiger partial charge in [0.05, 0.1) is 0 Å². The van der Waals surface area contributed by atoms with Crippen LogP contribution in [0.25, 0.3) is 0 Å². The van der Waals surface area contributed by atoms with Gasteiger partial charge in [0.25, 0.3) is 5.91 Å². The molecule has 94 valence electrons. The molecule has 0 bridgehead atoms. The van der Waals surface area contributed by atoms with Crippen molar-refractivity contribution in [3.63, 3.8) is 0 Å². The SMILES string of the molecule is Cc1cc(C(=O)NC(C)CCCCl)ccc1Cl. The predicted molar refractivity (Wildman–Crippen MR) is 73.1 cm³/mol. The minimum atomic E-state index is -0.0631. The van der Waals surface area contributed by atoms with Crippen LogP contribution in [0.3, 0.4) is 0 Å². The van der Waals surface area contributed by atoms with Gasteiger partial charge in [0.15, 0.2) is 0 Å². The molecule has 0 heterocycles. The molecule has 0 aliphatic heterocycles. The summed E-state index contributed by atoms with van der Waals surface area (Å²) in [6.07, 6.45) is 1.80. The summed E-state index contributed by atoms with van der Waals surface area (Å²) in [6, 6.07) is 5.41. The molecule has 1 aromatic rings. The number of rotatable bonds is 5. The van der Waals surface area contributed by atoms with Crippen LogP contribution in [-0.2, 0) is 0 Å². The van der Waals surface area contributed by atoms with Crippen molar-refractivity contribution in [2.24, 2.45) is 0 Å². The molecule has 1 N–H and O–H groups in total. The van der Waals surface area contributed by atoms with Gasteiger partial charge >= 0.3 is 0 Å². The zero-order valence-electron chi connectivity index (χ0n) is 10.1. The van der Waals surface area contributed by atoms with E-state index in [1.165, 1.54) is 0 Å². The molecule has 0 saturated carbocycles. The first-order valence-corrected chi connectivity index (χ1v) is 6.59. The summed E-state index contributed by atoms with van der Waals surface area (Å²) in [5.41, 5.74) is 1.55. The van der Waals surface area contributed by atoms with E-state index in [2.05, 4.69) is 5.32 Å². The molecule has 1 atom stereocenters. The van der Waals surface area contributed by atoms with Crippen LogP contribution >= 0.6 is 23.2 Å². The summed E-state index contributed by atoms with van der Waals surface area (Å²) < 4.78 is 0. The van der Waals surface area contributed by atoms with Gasteiger partial charge in [0.2, 0.25) is 0 Å². The molecule has 1 unspecified atom stereocenters. The Morgan fingerprint density at radius 1 is 1.47 bits per heavy atom. The van der Waals surface area contributed by atoms with Gasteiger partial charge in [0, 0.05) is 22.5 Å². The summed E-state index contributed by atoms with van der Waals surface area (Å²) in [5, 5.41) is 3.61. The Morgan fingerprint density at radius 2 is 2.18 bits per heavy atom. The second kappa shape index (κ2) is 6.87. The topological polar surface area (TPSA) is 29.1 Å². The molecule has 1 amide bonds. The van der Waals surface area contributed by atoms with Crippen molar-refractivity contribution >= 4 is 29.1 Å². The lowest BCUT2D eigenvalue weighted by atomic mass is 10.1. The number of hydrogen-bond acceptors (Lipinski definition) is 1. The summed E-state index contributed by atoms with van der Waals surface area (Å²) >= 11 is 11.5. The highest BCUT2D eigenvalue weighted by Gasteiger charge is 2.10. The lowest BCUT2D eigenvalue weighted by molar-refractivity contribution is 0.0938. The highest BCUT2D eigenvalue weighted by Crippen LogP contribution is 2.16. The van der Waals surface area contributed by atoms with Gasteiger partial charge in [-0.25, -0.2) is 0 Å². The molecule has 0 aromatic heterocycles. The highest BCUT2D eigenvalue weighted by atomic mass is 35.5. The quantitative estimate of drug-likeness (QED) is 0.813. The second-order valence-electron chi connectivity index (χ2n) is 4.17. The number of halogens is 2. The Balaban J connectivity index is 2.60. The van der Waals surface area contributed by atoms with Crippen LogP contribution in [0.5, 0.6) is 0 Å². The Morgan fingerprint density at radius 3 is 2.76 bits per heavy atom. The van der Waals surface area contributed by atoms with Crippen molar-refractivity contribution < 1.29 is 4.79 Å². The zero-order valence-corrected chi connectivity index (χ0v) is 11.6. The Labute approximate surface area is 112 Å². The second-order valence-corrected chi connectivity index (χ2v) is 4.95. The van der Waals surface area contributed by atoms with E-state index in [0.717, 1.165) is 18.4 Å². The number of aryl methyl sites for hydroxylation is 1. The van der Waals surface area contributed by atoms with Gasteiger partial charge < -0.3 is 5.32 Å². The van der Waals surface area contributed by atoms with Crippen molar-refractivity contribution in [3.05, 3.63) is 34.3 Å². The molecule has 0 fully saturated rings. The lowest BCUT2D eigenvalue weighted by Crippen LogP contribution is -2.32. The number of amides is 1. The third-order valence-electron chi connectivity index (χ3n) is 2.57. The third-order valence-corrected chi connectivity index (χ3v) is 3.26. The van der Waals surface area contributed by atoms with Crippen LogP contribution in [-0.4, -0.2) is 17.8 Å². The fourth-order valence-electron chi connectivity index (χ4n) is 1.55. The van der Waals surface area contributed by atoms with E-state index in [1.807, 2.05) is 13.8 Å². The smallest absolute Gasteiger partial charge is 0.251 e. The highest BCUT2D eigenvalue weighted by molar-refractivity contribution is 6.31. The standard InChI is InChI=1S/C13H17Cl2NO/c1-9-8-11(5-6-12(9)15)13(17)16-10(2)4-3-7-14/h5-6,8,10H,3-4,7H2,1-2H3,(H,16,17). The third kappa shape index (κ3) is 4.57. The number of benzene rings is 1. The van der Waals surface area contributed by atoms with Gasteiger partial charge in [-0.15, -0.1) is 11.6 Å². The van der Waals surface area contributed by atoms with Gasteiger partial charge in [-0.2, -0.15) is 0 Å². The monoisotopic (exact) mass is 273 g/mol. The maximum atomic E-state index is 11.9. The van der Waals surface area contributed by atoms with Crippen LogP contribution in [0.2, 0.25) is 5.02 Å². The molecule has 0 spiro atoms. The van der Waals surface area contributed by atoms with Gasteiger partial charge in [0.1, 0.15) is 0 Å². The zero-order chi connectivity index (χ0) is 12.8. The van der Waals surface area contributed by atoms with E-state index in [1.54, 1.807) is 18.2 Å². The Hall–Kier alpha value is -0.730. The average Bonchev–Trinajstić information content (AvgIpc) is 2.30. The first-order valence-electron chi connectivity index (χ1n) is 5.67. The van der Waals surface area contributed by atoms with Crippen molar-refractivity contribution in [1.82, 2.24) is 5.32 Å². The van der Waals surface area contributed by atoms with E-state index in [0.29, 0.717) is 16.5 Å². The summed E-state index contributed by atoms with van der Waals surface area (Å²) in [4.78, 5) is 11.9. The average molecular weight is 274 g/mol. The van der Waals surface area contributed by atoms with Gasteiger partial charge in [-0.3, -0.25) is 4.79 Å². The number of carbonyl (C=O) groups excluding carboxylic acids is 1. The molecule has 2 nitrogen and oxygen atoms in total. The molecular formula is C13H17Cl2NO. The van der Waals surface area contributed by atoms with Crippen LogP contribution in [0.4, 0.5) is 0 Å². The summed E-state index contributed by atoms with van der Waals surface area (Å²) in [7, 11) is 0. The summed E-state index contributed by atoms with van der Waals surface area (Å²) in [5.74, 6) is 0.562. The number of nitrogens with one attached hydrogen (secondary N) is 1. The molecular weight excluding hydrogens is 257 g/mol. The minimum absolute atomic E-state index is 0.0631. The maximum Gasteiger partial charge on any atom is 0.251 e. The number of alkyl halides is 1. The van der Waals surface area contributed by atoms with Crippen molar-refractivity contribution in [1.29, 1.82) is 0 Å². The summed E-state index contributed by atoms with van der Waals surface area (Å²) in [6.45, 7) is 3.86. The molecule has 1 aromatic carbocycles. The van der Waals surface area contributed by atoms with E-state index >= 15 is 0 Å². The Kier molecular flexibility index (Phi) is 5.79. The fourth-order valence-corrected chi connectivity index (χ4v) is 1.82. The molecule has 0 aliphatic carbocycles. The van der Waals surface area contributed by atoms with Gasteiger partial charge in [-0.1, -0.05) is 11.6 Å². The number of hydrogen-bond donors (Lipinski definition) is 1. The normalized spacial score (nSPS) is 12.2. The number of carbonyl (C=O) groups is 1. The first-order chi connectivity index (χ1) is 8.04. The molecule has 4 heteroatoms.